The molecule has 1 N–H and O–H groups in total. The minimum atomic E-state index is -1.45. The number of methoxy groups -OCH3 is 1. The van der Waals surface area contributed by atoms with Gasteiger partial charge in [-0.2, -0.15) is 0 Å². The van der Waals surface area contributed by atoms with E-state index in [-0.39, 0.29) is 6.61 Å². The van der Waals surface area contributed by atoms with Crippen molar-refractivity contribution in [3.05, 3.63) is 30.3 Å². The van der Waals surface area contributed by atoms with Crippen molar-refractivity contribution in [2.45, 2.75) is 42.7 Å². The van der Waals surface area contributed by atoms with E-state index in [1.165, 1.54) is 7.11 Å². The monoisotopic (exact) mass is 326 g/mol. The highest BCUT2D eigenvalue weighted by Crippen LogP contribution is 2.36. The molecule has 1 aliphatic rings. The first-order valence-electron chi connectivity index (χ1n) is 7.18. The molecular formula is C16H22O5S. The first-order valence-corrected chi connectivity index (χ1v) is 8.17. The Bertz CT molecular complexity index is 505. The molecule has 5 nitrogen and oxygen atoms in total. The third-order valence-electron chi connectivity index (χ3n) is 3.53. The van der Waals surface area contributed by atoms with E-state index in [0.717, 1.165) is 4.90 Å². The summed E-state index contributed by atoms with van der Waals surface area (Å²) in [5, 5.41) is 10.5. The Morgan fingerprint density at radius 3 is 2.64 bits per heavy atom. The van der Waals surface area contributed by atoms with Crippen LogP contribution >= 0.6 is 11.8 Å². The lowest BCUT2D eigenvalue weighted by molar-refractivity contribution is -0.205. The van der Waals surface area contributed by atoms with Crippen molar-refractivity contribution in [2.24, 2.45) is 0 Å². The summed E-state index contributed by atoms with van der Waals surface area (Å²) in [5.41, 5.74) is -1.45. The summed E-state index contributed by atoms with van der Waals surface area (Å²) in [6.07, 6.45) is -0.591. The van der Waals surface area contributed by atoms with Gasteiger partial charge in [0.1, 0.15) is 0 Å². The number of hydrogen-bond acceptors (Lipinski definition) is 6. The highest BCUT2D eigenvalue weighted by Gasteiger charge is 2.56. The Hall–Kier alpha value is -1.08. The number of aliphatic hydroxyl groups excluding tert-OH is 1. The minimum absolute atomic E-state index is 0.0101. The van der Waals surface area contributed by atoms with Gasteiger partial charge < -0.3 is 19.3 Å². The number of esters is 1. The van der Waals surface area contributed by atoms with Crippen LogP contribution in [0.15, 0.2) is 35.2 Å². The van der Waals surface area contributed by atoms with Crippen molar-refractivity contribution in [2.75, 3.05) is 19.5 Å². The average Bonchev–Trinajstić information content (AvgIpc) is 2.84. The Morgan fingerprint density at radius 1 is 1.41 bits per heavy atom. The fraction of sp³-hybridized carbons (Fsp3) is 0.562. The smallest absolute Gasteiger partial charge is 0.343 e. The second kappa shape index (κ2) is 7.00. The summed E-state index contributed by atoms with van der Waals surface area (Å²) in [4.78, 5) is 13.2. The Kier molecular flexibility index (Phi) is 5.50. The maximum atomic E-state index is 12.1. The number of thioether (sulfide) groups is 1. The van der Waals surface area contributed by atoms with Crippen LogP contribution in [0.1, 0.15) is 20.3 Å². The van der Waals surface area contributed by atoms with E-state index in [4.69, 9.17) is 14.2 Å². The highest BCUT2D eigenvalue weighted by molar-refractivity contribution is 7.99. The van der Waals surface area contributed by atoms with Gasteiger partial charge in [-0.25, -0.2) is 4.79 Å². The van der Waals surface area contributed by atoms with Crippen molar-refractivity contribution in [1.29, 1.82) is 0 Å². The fourth-order valence-corrected chi connectivity index (χ4v) is 3.32. The van der Waals surface area contributed by atoms with Gasteiger partial charge in [0.15, 0.2) is 5.79 Å². The fourth-order valence-electron chi connectivity index (χ4n) is 2.39. The predicted octanol–water partition coefficient (Wildman–Crippen LogP) is 2.22. The van der Waals surface area contributed by atoms with Crippen LogP contribution in [0.25, 0.3) is 0 Å². The number of ether oxygens (including phenoxy) is 3. The number of rotatable bonds is 6. The van der Waals surface area contributed by atoms with Crippen LogP contribution in [0.3, 0.4) is 0 Å². The van der Waals surface area contributed by atoms with Crippen LogP contribution in [0.4, 0.5) is 0 Å². The molecule has 2 rings (SSSR count). The van der Waals surface area contributed by atoms with Crippen molar-refractivity contribution >= 4 is 17.7 Å². The van der Waals surface area contributed by atoms with Crippen LogP contribution in [0.5, 0.6) is 0 Å². The lowest BCUT2D eigenvalue weighted by Crippen LogP contribution is -2.53. The summed E-state index contributed by atoms with van der Waals surface area (Å²) in [6.45, 7) is 3.41. The molecule has 1 aromatic carbocycles. The molecule has 0 amide bonds. The normalized spacial score (nSPS) is 24.9. The maximum Gasteiger partial charge on any atom is 0.343 e. The third kappa shape index (κ3) is 3.81. The summed E-state index contributed by atoms with van der Waals surface area (Å²) in [7, 11) is 1.28. The molecule has 6 heteroatoms. The second-order valence-corrected chi connectivity index (χ2v) is 6.81. The Balaban J connectivity index is 1.98. The highest BCUT2D eigenvalue weighted by atomic mass is 32.2. The van der Waals surface area contributed by atoms with Crippen LogP contribution in [-0.4, -0.2) is 48.0 Å². The standard InChI is InChI=1S/C16H22O5S/c1-15(2)20-11-16(21-15,14(18)19-3)13(17)9-10-22-12-7-5-4-6-8-12/h4-8,13,17H,9-11H2,1-3H3. The molecule has 1 heterocycles. The van der Waals surface area contributed by atoms with Gasteiger partial charge in [-0.1, -0.05) is 18.2 Å². The molecule has 2 atom stereocenters. The molecule has 1 aliphatic heterocycles. The molecule has 0 bridgehead atoms. The number of benzene rings is 1. The lowest BCUT2D eigenvalue weighted by Gasteiger charge is -2.30. The minimum Gasteiger partial charge on any atom is -0.467 e. The van der Waals surface area contributed by atoms with Crippen LogP contribution in [0, 0.1) is 0 Å². The van der Waals surface area contributed by atoms with Gasteiger partial charge in [0.25, 0.3) is 0 Å². The van der Waals surface area contributed by atoms with Gasteiger partial charge in [0, 0.05) is 10.6 Å². The average molecular weight is 326 g/mol. The van der Waals surface area contributed by atoms with Gasteiger partial charge in [-0.05, 0) is 32.4 Å². The van der Waals surface area contributed by atoms with E-state index in [9.17, 15) is 9.90 Å². The first kappa shape index (κ1) is 17.3. The number of hydrogen-bond donors (Lipinski definition) is 1. The Morgan fingerprint density at radius 2 is 2.09 bits per heavy atom. The molecule has 0 aromatic heterocycles. The van der Waals surface area contributed by atoms with Crippen molar-refractivity contribution in [3.63, 3.8) is 0 Å². The molecule has 22 heavy (non-hydrogen) atoms. The summed E-state index contributed by atoms with van der Waals surface area (Å²) in [6, 6.07) is 9.89. The molecule has 0 radical (unpaired) electrons. The summed E-state index contributed by atoms with van der Waals surface area (Å²) in [5.74, 6) is -0.856. The van der Waals surface area contributed by atoms with Crippen molar-refractivity contribution in [3.8, 4) is 0 Å². The summed E-state index contributed by atoms with van der Waals surface area (Å²) >= 11 is 1.62. The zero-order valence-electron chi connectivity index (χ0n) is 13.1. The van der Waals surface area contributed by atoms with E-state index in [1.54, 1.807) is 25.6 Å². The molecule has 1 aromatic rings. The number of carbonyl (C=O) groups is 1. The van der Waals surface area contributed by atoms with Gasteiger partial charge >= 0.3 is 5.97 Å². The summed E-state index contributed by atoms with van der Waals surface area (Å²) < 4.78 is 16.0. The molecule has 0 saturated carbocycles. The van der Waals surface area contributed by atoms with E-state index < -0.39 is 23.5 Å². The molecular weight excluding hydrogens is 304 g/mol. The largest absolute Gasteiger partial charge is 0.467 e. The zero-order chi connectivity index (χ0) is 16.2. The molecule has 0 spiro atoms. The van der Waals surface area contributed by atoms with Crippen molar-refractivity contribution in [1.82, 2.24) is 0 Å². The van der Waals surface area contributed by atoms with Crippen LogP contribution in [-0.2, 0) is 19.0 Å². The van der Waals surface area contributed by atoms with E-state index in [2.05, 4.69) is 0 Å². The molecule has 0 aliphatic carbocycles. The maximum absolute atomic E-state index is 12.1. The van der Waals surface area contributed by atoms with Gasteiger partial charge in [-0.15, -0.1) is 11.8 Å². The van der Waals surface area contributed by atoms with E-state index >= 15 is 0 Å². The van der Waals surface area contributed by atoms with Gasteiger partial charge in [0.2, 0.25) is 5.60 Å². The van der Waals surface area contributed by atoms with Crippen molar-refractivity contribution < 1.29 is 24.1 Å². The quantitative estimate of drug-likeness (QED) is 0.639. The predicted molar refractivity (Wildman–Crippen MR) is 83.7 cm³/mol. The first-order chi connectivity index (χ1) is 10.4. The molecule has 122 valence electrons. The zero-order valence-corrected chi connectivity index (χ0v) is 13.9. The van der Waals surface area contributed by atoms with Gasteiger partial charge in [-0.3, -0.25) is 0 Å². The number of aliphatic hydroxyl groups is 1. The third-order valence-corrected chi connectivity index (χ3v) is 4.58. The van der Waals surface area contributed by atoms with E-state index in [0.29, 0.717) is 12.2 Å². The number of carbonyl (C=O) groups excluding carboxylic acids is 1. The molecule has 1 fully saturated rings. The topological polar surface area (TPSA) is 65.0 Å². The van der Waals surface area contributed by atoms with E-state index in [1.807, 2.05) is 30.3 Å². The lowest BCUT2D eigenvalue weighted by atomic mass is 9.95. The van der Waals surface area contributed by atoms with Gasteiger partial charge in [0.05, 0.1) is 19.8 Å². The SMILES string of the molecule is COC(=O)C1(C(O)CCSc2ccccc2)COC(C)(C)O1. The molecule has 2 unspecified atom stereocenters. The second-order valence-electron chi connectivity index (χ2n) is 5.64. The van der Waals surface area contributed by atoms with Crippen LogP contribution in [0.2, 0.25) is 0 Å². The Labute approximate surface area is 134 Å². The van der Waals surface area contributed by atoms with Crippen LogP contribution < -0.4 is 0 Å². The molecule has 1 saturated heterocycles.